The van der Waals surface area contributed by atoms with Gasteiger partial charge in [0, 0.05) is 43.4 Å². The summed E-state index contributed by atoms with van der Waals surface area (Å²) >= 11 is 0. The summed E-state index contributed by atoms with van der Waals surface area (Å²) in [5.74, 6) is 1.20. The molecule has 0 saturated heterocycles. The summed E-state index contributed by atoms with van der Waals surface area (Å²) in [6.07, 6.45) is 3.73. The van der Waals surface area contributed by atoms with Crippen LogP contribution in [0.3, 0.4) is 0 Å². The zero-order valence-electron chi connectivity index (χ0n) is 23.4. The van der Waals surface area contributed by atoms with E-state index in [1.54, 1.807) is 12.3 Å². The fraction of sp³-hybridized carbons (Fsp3) is 0.200. The van der Waals surface area contributed by atoms with Gasteiger partial charge in [-0.05, 0) is 71.5 Å². The van der Waals surface area contributed by atoms with Crippen LogP contribution in [0.25, 0.3) is 44.5 Å². The van der Waals surface area contributed by atoms with Crippen molar-refractivity contribution in [1.29, 1.82) is 0 Å². The van der Waals surface area contributed by atoms with Crippen LogP contribution in [-0.4, -0.2) is 15.1 Å². The number of para-hydroxylation sites is 2. The zero-order valence-corrected chi connectivity index (χ0v) is 25.8. The third-order valence-corrected chi connectivity index (χ3v) is 6.99. The van der Waals surface area contributed by atoms with Gasteiger partial charge in [-0.2, -0.15) is 0 Å². The molecule has 0 spiro atoms. The molecule has 6 aromatic rings. The summed E-state index contributed by atoms with van der Waals surface area (Å²) < 4.78 is 6.10. The standard InChI is InChI=1S/C21H18NO.C14H15NO.Ir/c1-13(2)18-11-19(22-12-14(18)3)17-9-6-8-16-15-7-4-5-10-20(15)23-21(16)17;1-10(2)11-7-8-15-13(9-11)12-5-3-4-6-14(12)16;/h4-8,10-13H,1-3H3;3-10,16H,1-2H3;/q-1;;. The Labute approximate surface area is 249 Å². The van der Waals surface area contributed by atoms with Crippen LogP contribution in [0.15, 0.2) is 95.7 Å². The van der Waals surface area contributed by atoms with Crippen molar-refractivity contribution in [2.45, 2.75) is 46.5 Å². The second-order valence-electron chi connectivity index (χ2n) is 10.4. The number of hydrogen-bond acceptors (Lipinski definition) is 4. The number of nitrogens with zero attached hydrogens (tertiary/aromatic N) is 2. The SMILES string of the molecule is CC(C)c1ccnc(-c2ccccc2O)c1.Cc1cnc(-c2[c-]ccc3c2oc2ccccc23)cc1C(C)C.[Ir]. The van der Waals surface area contributed by atoms with Gasteiger partial charge in [0.15, 0.2) is 0 Å². The van der Waals surface area contributed by atoms with Crippen molar-refractivity contribution in [3.8, 4) is 28.3 Å². The number of rotatable bonds is 4. The van der Waals surface area contributed by atoms with Gasteiger partial charge >= 0.3 is 0 Å². The maximum absolute atomic E-state index is 9.75. The van der Waals surface area contributed by atoms with Crippen LogP contribution in [-0.2, 0) is 20.1 Å². The third kappa shape index (κ3) is 6.01. The quantitative estimate of drug-likeness (QED) is 0.186. The van der Waals surface area contributed by atoms with E-state index in [-0.39, 0.29) is 25.9 Å². The maximum atomic E-state index is 9.75. The largest absolute Gasteiger partial charge is 0.507 e. The first kappa shape index (κ1) is 29.2. The van der Waals surface area contributed by atoms with Crippen LogP contribution in [0.2, 0.25) is 0 Å². The molecular formula is C35H33IrN2O2-. The molecule has 6 rings (SSSR count). The van der Waals surface area contributed by atoms with Crippen LogP contribution in [0, 0.1) is 13.0 Å². The van der Waals surface area contributed by atoms with E-state index in [9.17, 15) is 5.11 Å². The minimum atomic E-state index is 0. The third-order valence-electron chi connectivity index (χ3n) is 6.99. The van der Waals surface area contributed by atoms with Gasteiger partial charge in [0.1, 0.15) is 11.3 Å². The van der Waals surface area contributed by atoms with Gasteiger partial charge in [-0.15, -0.1) is 18.2 Å². The molecule has 3 heterocycles. The average molecular weight is 706 g/mol. The molecule has 0 aliphatic rings. The summed E-state index contributed by atoms with van der Waals surface area (Å²) in [4.78, 5) is 8.91. The summed E-state index contributed by atoms with van der Waals surface area (Å²) in [6.45, 7) is 10.8. The molecular weight excluding hydrogens is 673 g/mol. The second kappa shape index (κ2) is 12.6. The van der Waals surface area contributed by atoms with Gasteiger partial charge in [0.25, 0.3) is 0 Å². The van der Waals surface area contributed by atoms with Crippen LogP contribution >= 0.6 is 0 Å². The Balaban J connectivity index is 0.000000192. The molecule has 5 heteroatoms. The fourth-order valence-electron chi connectivity index (χ4n) is 4.82. The smallest absolute Gasteiger partial charge is 0.124 e. The van der Waals surface area contributed by atoms with E-state index in [4.69, 9.17) is 4.42 Å². The molecule has 0 unspecified atom stereocenters. The van der Waals surface area contributed by atoms with Gasteiger partial charge in [-0.3, -0.25) is 4.98 Å². The number of aromatic hydroxyl groups is 1. The molecule has 0 saturated carbocycles. The number of aryl methyl sites for hydroxylation is 1. The Morgan fingerprint density at radius 3 is 2.30 bits per heavy atom. The summed E-state index contributed by atoms with van der Waals surface area (Å²) in [5.41, 5.74) is 8.99. The molecule has 1 N–H and O–H groups in total. The molecule has 0 atom stereocenters. The van der Waals surface area contributed by atoms with Crippen LogP contribution < -0.4 is 0 Å². The monoisotopic (exact) mass is 706 g/mol. The van der Waals surface area contributed by atoms with Crippen molar-refractivity contribution < 1.29 is 29.6 Å². The first-order chi connectivity index (χ1) is 18.8. The van der Waals surface area contributed by atoms with Gasteiger partial charge in [-0.1, -0.05) is 75.0 Å². The van der Waals surface area contributed by atoms with Gasteiger partial charge < -0.3 is 14.5 Å². The maximum Gasteiger partial charge on any atom is 0.124 e. The molecule has 3 aromatic heterocycles. The van der Waals surface area contributed by atoms with Crippen molar-refractivity contribution in [2.75, 3.05) is 0 Å². The normalized spacial score (nSPS) is 11.0. The van der Waals surface area contributed by atoms with Crippen molar-refractivity contribution >= 4 is 21.9 Å². The zero-order chi connectivity index (χ0) is 27.5. The average Bonchev–Trinajstić information content (AvgIpc) is 3.33. The second-order valence-corrected chi connectivity index (χ2v) is 10.4. The number of pyridine rings is 2. The topological polar surface area (TPSA) is 59.2 Å². The Hall–Kier alpha value is -3.79. The number of fused-ring (bicyclic) bond motifs is 3. The number of aromatic nitrogens is 2. The predicted octanol–water partition coefficient (Wildman–Crippen LogP) is 9.46. The van der Waals surface area contributed by atoms with Crippen molar-refractivity contribution in [2.24, 2.45) is 0 Å². The van der Waals surface area contributed by atoms with E-state index in [0.717, 1.165) is 44.5 Å². The van der Waals surface area contributed by atoms with Crippen molar-refractivity contribution in [3.05, 3.63) is 114 Å². The molecule has 3 aromatic carbocycles. The number of benzene rings is 3. The fourth-order valence-corrected chi connectivity index (χ4v) is 4.82. The van der Waals surface area contributed by atoms with E-state index in [2.05, 4.69) is 68.9 Å². The molecule has 0 aliphatic heterocycles. The number of phenolic OH excluding ortho intramolecular Hbond substituents is 1. The molecule has 0 amide bonds. The number of furan rings is 1. The molecule has 4 nitrogen and oxygen atoms in total. The van der Waals surface area contributed by atoms with E-state index < -0.39 is 0 Å². The first-order valence-corrected chi connectivity index (χ1v) is 13.4. The summed E-state index contributed by atoms with van der Waals surface area (Å²) in [6, 6.07) is 28.9. The molecule has 1 radical (unpaired) electrons. The minimum Gasteiger partial charge on any atom is -0.507 e. The van der Waals surface area contributed by atoms with Crippen LogP contribution in [0.1, 0.15) is 56.2 Å². The number of phenols is 1. The summed E-state index contributed by atoms with van der Waals surface area (Å²) in [5, 5.41) is 12.0. The summed E-state index contributed by atoms with van der Waals surface area (Å²) in [7, 11) is 0. The minimum absolute atomic E-state index is 0. The Morgan fingerprint density at radius 1 is 0.800 bits per heavy atom. The van der Waals surface area contributed by atoms with Crippen LogP contribution in [0.5, 0.6) is 5.75 Å². The molecule has 40 heavy (non-hydrogen) atoms. The predicted molar refractivity (Wildman–Crippen MR) is 160 cm³/mol. The van der Waals surface area contributed by atoms with Gasteiger partial charge in [0.2, 0.25) is 0 Å². The first-order valence-electron chi connectivity index (χ1n) is 13.4. The van der Waals surface area contributed by atoms with Gasteiger partial charge in [0.05, 0.1) is 11.3 Å². The van der Waals surface area contributed by atoms with Crippen molar-refractivity contribution in [1.82, 2.24) is 9.97 Å². The Bertz CT molecular complexity index is 1750. The van der Waals surface area contributed by atoms with E-state index in [1.165, 1.54) is 16.7 Å². The van der Waals surface area contributed by atoms with E-state index in [1.807, 2.05) is 60.8 Å². The molecule has 0 bridgehead atoms. The molecule has 0 fully saturated rings. The molecule has 205 valence electrons. The Kier molecular flexibility index (Phi) is 9.19. The van der Waals surface area contributed by atoms with E-state index >= 15 is 0 Å². The number of hydrogen-bond donors (Lipinski definition) is 1. The van der Waals surface area contributed by atoms with Crippen molar-refractivity contribution in [3.63, 3.8) is 0 Å². The molecule has 0 aliphatic carbocycles. The van der Waals surface area contributed by atoms with Gasteiger partial charge in [-0.25, -0.2) is 0 Å². The Morgan fingerprint density at radius 2 is 1.55 bits per heavy atom. The van der Waals surface area contributed by atoms with Crippen LogP contribution in [0.4, 0.5) is 0 Å². The van der Waals surface area contributed by atoms with E-state index in [0.29, 0.717) is 11.8 Å².